The Bertz CT molecular complexity index is 390. The largest absolute Gasteiger partial charge is 0.322 e. The van der Waals surface area contributed by atoms with Crippen LogP contribution in [0.25, 0.3) is 0 Å². The van der Waals surface area contributed by atoms with Gasteiger partial charge in [-0.3, -0.25) is 10.1 Å². The van der Waals surface area contributed by atoms with E-state index in [1.807, 2.05) is 0 Å². The summed E-state index contributed by atoms with van der Waals surface area (Å²) in [6, 6.07) is 0.532. The molecule has 3 aliphatic carbocycles. The lowest BCUT2D eigenvalue weighted by molar-refractivity contribution is -0.136. The first-order valence-electron chi connectivity index (χ1n) is 9.41. The van der Waals surface area contributed by atoms with Crippen molar-refractivity contribution >= 4 is 5.91 Å². The molecule has 0 bridgehead atoms. The van der Waals surface area contributed by atoms with E-state index in [9.17, 15) is 4.79 Å². The van der Waals surface area contributed by atoms with Gasteiger partial charge in [0.1, 0.15) is 0 Å². The van der Waals surface area contributed by atoms with E-state index in [0.717, 1.165) is 18.8 Å². The van der Waals surface area contributed by atoms with Crippen LogP contribution in [0.4, 0.5) is 0 Å². The van der Waals surface area contributed by atoms with Crippen molar-refractivity contribution in [3.63, 3.8) is 0 Å². The lowest BCUT2D eigenvalue weighted by Gasteiger charge is -2.37. The SMILES string of the molecule is O=C1N(C2CCCCC2)C(C2CCCC2)NC12CCCC2. The molecule has 1 spiro atoms. The zero-order valence-corrected chi connectivity index (χ0v) is 13.3. The normalized spacial score (nSPS) is 34.4. The number of hydrogen-bond donors (Lipinski definition) is 1. The maximum Gasteiger partial charge on any atom is 0.244 e. The Hall–Kier alpha value is -0.570. The maximum absolute atomic E-state index is 13.3. The van der Waals surface area contributed by atoms with Crippen molar-refractivity contribution in [2.24, 2.45) is 5.92 Å². The number of carbonyl (C=O) groups is 1. The molecule has 1 aliphatic heterocycles. The third-order valence-electron chi connectivity index (χ3n) is 6.64. The molecule has 3 heteroatoms. The van der Waals surface area contributed by atoms with Gasteiger partial charge in [-0.2, -0.15) is 0 Å². The topological polar surface area (TPSA) is 32.3 Å². The van der Waals surface area contributed by atoms with Crippen LogP contribution >= 0.6 is 0 Å². The van der Waals surface area contributed by atoms with E-state index in [0.29, 0.717) is 18.1 Å². The molecule has 3 nitrogen and oxygen atoms in total. The number of amides is 1. The minimum absolute atomic E-state index is 0.162. The van der Waals surface area contributed by atoms with E-state index in [-0.39, 0.29) is 5.54 Å². The monoisotopic (exact) mass is 290 g/mol. The summed E-state index contributed by atoms with van der Waals surface area (Å²) in [5, 5.41) is 3.88. The lowest BCUT2D eigenvalue weighted by atomic mass is 9.91. The molecular formula is C18H30N2O. The molecule has 1 amide bonds. The molecule has 0 radical (unpaired) electrons. The Kier molecular flexibility index (Phi) is 3.72. The molecule has 21 heavy (non-hydrogen) atoms. The third kappa shape index (κ3) is 2.32. The summed E-state index contributed by atoms with van der Waals surface area (Å²) < 4.78 is 0. The molecule has 1 heterocycles. The van der Waals surface area contributed by atoms with Gasteiger partial charge < -0.3 is 4.90 Å². The summed E-state index contributed by atoms with van der Waals surface area (Å²) >= 11 is 0. The van der Waals surface area contributed by atoms with Gasteiger partial charge in [-0.1, -0.05) is 44.9 Å². The summed E-state index contributed by atoms with van der Waals surface area (Å²) in [7, 11) is 0. The first-order valence-corrected chi connectivity index (χ1v) is 9.41. The average Bonchev–Trinajstić information content (AvgIpc) is 3.24. The van der Waals surface area contributed by atoms with E-state index < -0.39 is 0 Å². The molecule has 1 N–H and O–H groups in total. The van der Waals surface area contributed by atoms with Crippen LogP contribution in [-0.4, -0.2) is 28.6 Å². The Morgan fingerprint density at radius 2 is 1.48 bits per heavy atom. The maximum atomic E-state index is 13.3. The average molecular weight is 290 g/mol. The third-order valence-corrected chi connectivity index (χ3v) is 6.64. The number of rotatable bonds is 2. The van der Waals surface area contributed by atoms with Gasteiger partial charge in [0.25, 0.3) is 0 Å². The molecule has 0 aromatic heterocycles. The number of nitrogens with zero attached hydrogens (tertiary/aromatic N) is 1. The van der Waals surface area contributed by atoms with Crippen molar-refractivity contribution in [3.8, 4) is 0 Å². The van der Waals surface area contributed by atoms with Crippen molar-refractivity contribution < 1.29 is 4.79 Å². The van der Waals surface area contributed by atoms with E-state index in [2.05, 4.69) is 10.2 Å². The summed E-state index contributed by atoms with van der Waals surface area (Å²) in [6.07, 6.45) is 16.9. The molecule has 3 saturated carbocycles. The second kappa shape index (κ2) is 5.57. The van der Waals surface area contributed by atoms with Gasteiger partial charge in [-0.15, -0.1) is 0 Å². The molecule has 0 aromatic carbocycles. The second-order valence-electron chi connectivity index (χ2n) is 7.93. The molecule has 4 fully saturated rings. The van der Waals surface area contributed by atoms with Crippen molar-refractivity contribution in [2.75, 3.05) is 0 Å². The smallest absolute Gasteiger partial charge is 0.244 e. The second-order valence-corrected chi connectivity index (χ2v) is 7.93. The number of hydrogen-bond acceptors (Lipinski definition) is 2. The van der Waals surface area contributed by atoms with Crippen LogP contribution in [0.15, 0.2) is 0 Å². The fourth-order valence-electron chi connectivity index (χ4n) is 5.49. The van der Waals surface area contributed by atoms with Crippen molar-refractivity contribution in [1.82, 2.24) is 10.2 Å². The quantitative estimate of drug-likeness (QED) is 0.843. The molecule has 4 rings (SSSR count). The Balaban J connectivity index is 1.60. The highest BCUT2D eigenvalue weighted by Crippen LogP contribution is 2.43. The van der Waals surface area contributed by atoms with Crippen molar-refractivity contribution in [1.29, 1.82) is 0 Å². The zero-order chi connectivity index (χ0) is 14.3. The van der Waals surface area contributed by atoms with E-state index >= 15 is 0 Å². The molecule has 1 saturated heterocycles. The molecule has 0 aromatic rings. The van der Waals surface area contributed by atoms with Gasteiger partial charge in [-0.05, 0) is 44.4 Å². The zero-order valence-electron chi connectivity index (χ0n) is 13.3. The lowest BCUT2D eigenvalue weighted by Crippen LogP contribution is -2.48. The molecule has 118 valence electrons. The highest BCUT2D eigenvalue weighted by molar-refractivity contribution is 5.89. The van der Waals surface area contributed by atoms with E-state index in [4.69, 9.17) is 0 Å². The van der Waals surface area contributed by atoms with Crippen molar-refractivity contribution in [2.45, 2.75) is 101 Å². The summed E-state index contributed by atoms with van der Waals surface area (Å²) in [4.78, 5) is 15.6. The number of carbonyl (C=O) groups excluding carboxylic acids is 1. The molecule has 1 unspecified atom stereocenters. The van der Waals surface area contributed by atoms with Crippen LogP contribution in [0.1, 0.15) is 83.5 Å². The first kappa shape index (κ1) is 14.0. The van der Waals surface area contributed by atoms with Crippen LogP contribution in [0.5, 0.6) is 0 Å². The van der Waals surface area contributed by atoms with E-state index in [1.54, 1.807) is 0 Å². The predicted molar refractivity (Wildman–Crippen MR) is 83.8 cm³/mol. The van der Waals surface area contributed by atoms with Crippen LogP contribution in [0.3, 0.4) is 0 Å². The fourth-order valence-corrected chi connectivity index (χ4v) is 5.49. The predicted octanol–water partition coefficient (Wildman–Crippen LogP) is 3.58. The number of nitrogens with one attached hydrogen (secondary N) is 1. The molecular weight excluding hydrogens is 260 g/mol. The molecule has 1 atom stereocenters. The highest BCUT2D eigenvalue weighted by Gasteiger charge is 2.55. The fraction of sp³-hybridized carbons (Fsp3) is 0.944. The van der Waals surface area contributed by atoms with Crippen LogP contribution in [-0.2, 0) is 4.79 Å². The Morgan fingerprint density at radius 3 is 2.14 bits per heavy atom. The van der Waals surface area contributed by atoms with E-state index in [1.165, 1.54) is 70.6 Å². The van der Waals surface area contributed by atoms with Gasteiger partial charge in [0.05, 0.1) is 11.7 Å². The van der Waals surface area contributed by atoms with Crippen LogP contribution in [0, 0.1) is 5.92 Å². The standard InChI is InChI=1S/C18H30N2O/c21-17-18(12-6-7-13-18)19-16(14-8-4-5-9-14)20(17)15-10-2-1-3-11-15/h14-16,19H,1-13H2. The van der Waals surface area contributed by atoms with Crippen molar-refractivity contribution in [3.05, 3.63) is 0 Å². The first-order chi connectivity index (χ1) is 10.3. The van der Waals surface area contributed by atoms with Crippen LogP contribution < -0.4 is 5.32 Å². The van der Waals surface area contributed by atoms with Gasteiger partial charge in [0.2, 0.25) is 5.91 Å². The van der Waals surface area contributed by atoms with Gasteiger partial charge in [0.15, 0.2) is 0 Å². The Labute approximate surface area is 128 Å². The summed E-state index contributed by atoms with van der Waals surface area (Å²) in [6.45, 7) is 0. The summed E-state index contributed by atoms with van der Waals surface area (Å²) in [5.41, 5.74) is -0.162. The summed E-state index contributed by atoms with van der Waals surface area (Å²) in [5.74, 6) is 1.19. The Morgan fingerprint density at radius 1 is 0.857 bits per heavy atom. The van der Waals surface area contributed by atoms with Gasteiger partial charge in [-0.25, -0.2) is 0 Å². The molecule has 4 aliphatic rings. The van der Waals surface area contributed by atoms with Gasteiger partial charge in [0, 0.05) is 6.04 Å². The minimum Gasteiger partial charge on any atom is -0.322 e. The highest BCUT2D eigenvalue weighted by atomic mass is 16.2. The van der Waals surface area contributed by atoms with Crippen LogP contribution in [0.2, 0.25) is 0 Å². The minimum atomic E-state index is -0.162. The van der Waals surface area contributed by atoms with Gasteiger partial charge >= 0.3 is 0 Å².